The Morgan fingerprint density at radius 2 is 1.56 bits per heavy atom. The van der Waals surface area contributed by atoms with Gasteiger partial charge in [-0.05, 0) is 41.7 Å². The minimum Gasteiger partial charge on any atom is -0.497 e. The summed E-state index contributed by atoms with van der Waals surface area (Å²) in [5.41, 5.74) is 9.58. The summed E-state index contributed by atoms with van der Waals surface area (Å²) < 4.78 is 12.0. The van der Waals surface area contributed by atoms with Gasteiger partial charge in [-0.1, -0.05) is 24.3 Å². The van der Waals surface area contributed by atoms with Gasteiger partial charge in [0.15, 0.2) is 0 Å². The van der Waals surface area contributed by atoms with Crippen molar-refractivity contribution in [2.75, 3.05) is 20.0 Å². The quantitative estimate of drug-likeness (QED) is 0.727. The van der Waals surface area contributed by atoms with Crippen LogP contribution in [-0.2, 0) is 19.9 Å². The van der Waals surface area contributed by atoms with E-state index in [1.54, 1.807) is 21.3 Å². The van der Waals surface area contributed by atoms with Crippen LogP contribution in [0.2, 0.25) is 0 Å². The van der Waals surface area contributed by atoms with Crippen LogP contribution in [0.5, 0.6) is 11.5 Å². The van der Waals surface area contributed by atoms with Gasteiger partial charge in [-0.2, -0.15) is 0 Å². The average molecular weight is 365 g/mol. The lowest BCUT2D eigenvalue weighted by atomic mass is 10.0. The summed E-state index contributed by atoms with van der Waals surface area (Å²) >= 11 is 0. The van der Waals surface area contributed by atoms with Gasteiger partial charge >= 0.3 is 0 Å². The van der Waals surface area contributed by atoms with Gasteiger partial charge in [0.05, 0.1) is 19.9 Å². The van der Waals surface area contributed by atoms with Crippen molar-refractivity contribution in [2.45, 2.75) is 12.8 Å². The van der Waals surface area contributed by atoms with Gasteiger partial charge in [-0.15, -0.1) is 0 Å². The van der Waals surface area contributed by atoms with E-state index >= 15 is 0 Å². The second kappa shape index (κ2) is 7.95. The highest BCUT2D eigenvalue weighted by atomic mass is 16.5. The molecule has 1 aromatic heterocycles. The number of rotatable bonds is 6. The molecule has 2 N–H and O–H groups in total. The van der Waals surface area contributed by atoms with Crippen molar-refractivity contribution in [1.82, 2.24) is 9.55 Å². The fraction of sp³-hybridized carbons (Fsp3) is 0.238. The van der Waals surface area contributed by atoms with Gasteiger partial charge in [-0.3, -0.25) is 9.36 Å². The third-order valence-corrected chi connectivity index (χ3v) is 4.53. The molecule has 0 unspecified atom stereocenters. The van der Waals surface area contributed by atoms with Gasteiger partial charge in [0, 0.05) is 19.2 Å². The highest BCUT2D eigenvalue weighted by molar-refractivity contribution is 5.67. The van der Waals surface area contributed by atoms with Crippen molar-refractivity contribution < 1.29 is 9.47 Å². The van der Waals surface area contributed by atoms with Crippen molar-refractivity contribution in [3.05, 3.63) is 70.1 Å². The van der Waals surface area contributed by atoms with E-state index in [2.05, 4.69) is 29.2 Å². The van der Waals surface area contributed by atoms with Gasteiger partial charge < -0.3 is 15.2 Å². The number of methoxy groups -OCH3 is 2. The number of benzene rings is 2. The number of ether oxygens (including phenoxy) is 2. The predicted octanol–water partition coefficient (Wildman–Crippen LogP) is 2.83. The van der Waals surface area contributed by atoms with Gasteiger partial charge in [0.2, 0.25) is 5.95 Å². The molecule has 27 heavy (non-hydrogen) atoms. The molecule has 0 aliphatic rings. The maximum Gasteiger partial charge on any atom is 0.254 e. The minimum absolute atomic E-state index is 0.139. The number of nitrogen functional groups attached to an aromatic ring is 1. The Hall–Kier alpha value is -3.28. The summed E-state index contributed by atoms with van der Waals surface area (Å²) in [5, 5.41) is 0. The summed E-state index contributed by atoms with van der Waals surface area (Å²) in [6.45, 7) is 0. The van der Waals surface area contributed by atoms with Gasteiger partial charge in [-0.25, -0.2) is 4.98 Å². The van der Waals surface area contributed by atoms with Crippen LogP contribution >= 0.6 is 0 Å². The molecule has 3 rings (SSSR count). The molecule has 0 spiro atoms. The van der Waals surface area contributed by atoms with Crippen molar-refractivity contribution in [3.63, 3.8) is 0 Å². The Labute approximate surface area is 158 Å². The number of anilines is 1. The molecule has 3 aromatic rings. The number of nitrogens with zero attached hydrogens (tertiary/aromatic N) is 2. The van der Waals surface area contributed by atoms with Gasteiger partial charge in [0.1, 0.15) is 11.5 Å². The molecule has 6 heteroatoms. The standard InChI is InChI=1S/C21H23N3O3/c1-24-20(25)12-17(23-21(24)22)9-6-14-4-7-15(8-5-14)16-10-18(26-2)13-19(11-16)27-3/h4-5,7-8,10-13H,6,9H2,1-3H3,(H2,22,23). The molecule has 0 radical (unpaired) electrons. The summed E-state index contributed by atoms with van der Waals surface area (Å²) in [5.74, 6) is 1.74. The Kier molecular flexibility index (Phi) is 5.45. The molecule has 0 bridgehead atoms. The molecule has 6 nitrogen and oxygen atoms in total. The van der Waals surface area contributed by atoms with E-state index in [9.17, 15) is 4.79 Å². The first kappa shape index (κ1) is 18.5. The minimum atomic E-state index is -0.139. The molecule has 0 aliphatic heterocycles. The zero-order chi connectivity index (χ0) is 19.4. The molecule has 0 aliphatic carbocycles. The molecule has 0 atom stereocenters. The SMILES string of the molecule is COc1cc(OC)cc(-c2ccc(CCc3cc(=O)n(C)c(N)n3)cc2)c1. The van der Waals surface area contributed by atoms with E-state index in [-0.39, 0.29) is 11.5 Å². The molecule has 0 amide bonds. The molecular formula is C21H23N3O3. The lowest BCUT2D eigenvalue weighted by Crippen LogP contribution is -2.21. The second-order valence-electron chi connectivity index (χ2n) is 6.30. The molecule has 2 aromatic carbocycles. The predicted molar refractivity (Wildman–Crippen MR) is 106 cm³/mol. The molecule has 0 fully saturated rings. The van der Waals surface area contributed by atoms with Crippen LogP contribution in [0.3, 0.4) is 0 Å². The van der Waals surface area contributed by atoms with Crippen LogP contribution in [0.4, 0.5) is 5.95 Å². The normalized spacial score (nSPS) is 10.6. The summed E-state index contributed by atoms with van der Waals surface area (Å²) in [4.78, 5) is 16.1. The molecular weight excluding hydrogens is 342 g/mol. The maximum absolute atomic E-state index is 11.8. The monoisotopic (exact) mass is 365 g/mol. The smallest absolute Gasteiger partial charge is 0.254 e. The summed E-state index contributed by atoms with van der Waals surface area (Å²) in [7, 11) is 4.89. The van der Waals surface area contributed by atoms with E-state index < -0.39 is 0 Å². The molecule has 140 valence electrons. The maximum atomic E-state index is 11.8. The first-order chi connectivity index (χ1) is 13.0. The largest absolute Gasteiger partial charge is 0.497 e. The Morgan fingerprint density at radius 1 is 0.926 bits per heavy atom. The highest BCUT2D eigenvalue weighted by Gasteiger charge is 2.06. The van der Waals surface area contributed by atoms with Crippen molar-refractivity contribution in [3.8, 4) is 22.6 Å². The Morgan fingerprint density at radius 3 is 2.11 bits per heavy atom. The fourth-order valence-corrected chi connectivity index (χ4v) is 2.85. The number of aryl methyl sites for hydroxylation is 2. The van der Waals surface area contributed by atoms with Crippen molar-refractivity contribution in [2.24, 2.45) is 7.05 Å². The summed E-state index contributed by atoms with van der Waals surface area (Å²) in [6, 6.07) is 15.6. The topological polar surface area (TPSA) is 79.4 Å². The van der Waals surface area contributed by atoms with E-state index in [0.29, 0.717) is 12.1 Å². The molecule has 1 heterocycles. The van der Waals surface area contributed by atoms with E-state index in [0.717, 1.165) is 34.6 Å². The number of nitrogens with two attached hydrogens (primary N) is 1. The third-order valence-electron chi connectivity index (χ3n) is 4.53. The van der Waals surface area contributed by atoms with E-state index in [1.165, 1.54) is 10.6 Å². The van der Waals surface area contributed by atoms with Crippen LogP contribution in [0.25, 0.3) is 11.1 Å². The van der Waals surface area contributed by atoms with Crippen molar-refractivity contribution >= 4 is 5.95 Å². The van der Waals surface area contributed by atoms with E-state index in [1.807, 2.05) is 18.2 Å². The van der Waals surface area contributed by atoms with Crippen LogP contribution in [0.15, 0.2) is 53.3 Å². The Bertz CT molecular complexity index is 972. The lowest BCUT2D eigenvalue weighted by Gasteiger charge is -2.10. The zero-order valence-corrected chi connectivity index (χ0v) is 15.7. The third kappa shape index (κ3) is 4.28. The molecule has 0 saturated heterocycles. The lowest BCUT2D eigenvalue weighted by molar-refractivity contribution is 0.394. The van der Waals surface area contributed by atoms with Gasteiger partial charge in [0.25, 0.3) is 5.56 Å². The first-order valence-electron chi connectivity index (χ1n) is 8.65. The number of hydrogen-bond donors (Lipinski definition) is 1. The highest BCUT2D eigenvalue weighted by Crippen LogP contribution is 2.30. The number of hydrogen-bond acceptors (Lipinski definition) is 5. The van der Waals surface area contributed by atoms with Crippen LogP contribution in [0.1, 0.15) is 11.3 Å². The zero-order valence-electron chi connectivity index (χ0n) is 15.7. The Balaban J connectivity index is 1.75. The first-order valence-corrected chi connectivity index (χ1v) is 8.65. The van der Waals surface area contributed by atoms with Crippen LogP contribution in [-0.4, -0.2) is 23.8 Å². The van der Waals surface area contributed by atoms with E-state index in [4.69, 9.17) is 15.2 Å². The number of aromatic nitrogens is 2. The second-order valence-corrected chi connectivity index (χ2v) is 6.30. The average Bonchev–Trinajstić information content (AvgIpc) is 2.70. The molecule has 0 saturated carbocycles. The summed E-state index contributed by atoms with van der Waals surface area (Å²) in [6.07, 6.45) is 1.44. The van der Waals surface area contributed by atoms with Crippen molar-refractivity contribution in [1.29, 1.82) is 0 Å². The van der Waals surface area contributed by atoms with Crippen LogP contribution < -0.4 is 20.8 Å². The fourth-order valence-electron chi connectivity index (χ4n) is 2.85. The van der Waals surface area contributed by atoms with Crippen LogP contribution in [0, 0.1) is 0 Å².